The van der Waals surface area contributed by atoms with Crippen LogP contribution in [0.4, 0.5) is 5.13 Å². The molecule has 2 aromatic carbocycles. The number of thioether (sulfide) groups is 1. The Balaban J connectivity index is 1.25. The van der Waals surface area contributed by atoms with E-state index in [9.17, 15) is 24.0 Å². The smallest absolute Gasteiger partial charge is 0.358 e. The number of nitrogen functional groups attached to an aromatic ring is 1. The minimum absolute atomic E-state index is 0.0534. The number of carbonyl (C=O) groups excluding carboxylic acids is 5. The number of nitrogens with one attached hydrogen (secondary N) is 1. The van der Waals surface area contributed by atoms with E-state index < -0.39 is 66.1 Å². The highest BCUT2D eigenvalue weighted by Gasteiger charge is 2.54. The van der Waals surface area contributed by atoms with Gasteiger partial charge < -0.3 is 30.1 Å². The second kappa shape index (κ2) is 16.0. The third-order valence-electron chi connectivity index (χ3n) is 7.49. The summed E-state index contributed by atoms with van der Waals surface area (Å²) >= 11 is 2.34. The molecule has 2 atom stereocenters. The second-order valence-corrected chi connectivity index (χ2v) is 14.1. The van der Waals surface area contributed by atoms with Gasteiger partial charge >= 0.3 is 17.9 Å². The molecule has 3 N–H and O–H groups in total. The summed E-state index contributed by atoms with van der Waals surface area (Å²) in [6, 6.07) is 17.3. The van der Waals surface area contributed by atoms with Crippen LogP contribution in [0.25, 0.3) is 0 Å². The van der Waals surface area contributed by atoms with Crippen molar-refractivity contribution in [2.75, 3.05) is 24.9 Å². The first-order chi connectivity index (χ1) is 24.4. The van der Waals surface area contributed by atoms with E-state index in [1.165, 1.54) is 28.1 Å². The van der Waals surface area contributed by atoms with Crippen LogP contribution < -0.4 is 11.1 Å². The highest BCUT2D eigenvalue weighted by Crippen LogP contribution is 2.41. The largest absolute Gasteiger partial charge is 0.450 e. The van der Waals surface area contributed by atoms with Gasteiger partial charge in [0.25, 0.3) is 11.8 Å². The molecule has 2 aliphatic rings. The number of fused-ring (bicyclic) bond motifs is 1. The van der Waals surface area contributed by atoms with Crippen LogP contribution in [0.5, 0.6) is 0 Å². The molecule has 3 aromatic rings. The summed E-state index contributed by atoms with van der Waals surface area (Å²) in [5.41, 5.74) is 6.57. The summed E-state index contributed by atoms with van der Waals surface area (Å²) in [6.45, 7) is 7.39. The lowest BCUT2D eigenvalue weighted by Crippen LogP contribution is -2.71. The first-order valence-electron chi connectivity index (χ1n) is 15.5. The van der Waals surface area contributed by atoms with E-state index in [2.05, 4.69) is 22.0 Å². The van der Waals surface area contributed by atoms with E-state index in [0.29, 0.717) is 5.57 Å². The molecular formula is C35H35N5O9S2. The molecule has 14 nitrogen and oxygen atoms in total. The summed E-state index contributed by atoms with van der Waals surface area (Å²) in [6.07, 6.45) is 0.715. The maximum Gasteiger partial charge on any atom is 0.358 e. The van der Waals surface area contributed by atoms with E-state index in [-0.39, 0.29) is 28.0 Å². The normalized spacial score (nSPS) is 17.2. The van der Waals surface area contributed by atoms with Gasteiger partial charge in [0.1, 0.15) is 22.8 Å². The van der Waals surface area contributed by atoms with E-state index in [1.54, 1.807) is 20.8 Å². The zero-order valence-corrected chi connectivity index (χ0v) is 29.5. The van der Waals surface area contributed by atoms with Crippen LogP contribution in [-0.4, -0.2) is 75.9 Å². The Kier molecular flexibility index (Phi) is 11.6. The SMILES string of the molecule is C=CC1=C(C(=O)OCOC(=O)C(C)(C)C)N2C(=O)C(NC(=O)/C(=N/OCC(=O)OC(c3ccccc3)c3ccccc3)c3csc(N)n3)C2SC1. The molecule has 2 unspecified atom stereocenters. The van der Waals surface area contributed by atoms with Gasteiger partial charge in [-0.3, -0.25) is 19.3 Å². The van der Waals surface area contributed by atoms with Crippen molar-refractivity contribution in [2.24, 2.45) is 10.6 Å². The molecule has 16 heteroatoms. The minimum Gasteiger partial charge on any atom is -0.450 e. The Morgan fingerprint density at radius 3 is 2.29 bits per heavy atom. The molecule has 0 bridgehead atoms. The molecule has 1 aromatic heterocycles. The lowest BCUT2D eigenvalue weighted by molar-refractivity contribution is -0.173. The zero-order valence-electron chi connectivity index (χ0n) is 27.9. The van der Waals surface area contributed by atoms with Gasteiger partial charge in [-0.1, -0.05) is 78.5 Å². The number of hydrogen-bond acceptors (Lipinski definition) is 14. The molecular weight excluding hydrogens is 699 g/mol. The van der Waals surface area contributed by atoms with Gasteiger partial charge in [0.15, 0.2) is 16.9 Å². The summed E-state index contributed by atoms with van der Waals surface area (Å²) < 4.78 is 15.9. The lowest BCUT2D eigenvalue weighted by Gasteiger charge is -2.49. The van der Waals surface area contributed by atoms with Gasteiger partial charge in [0, 0.05) is 11.1 Å². The van der Waals surface area contributed by atoms with Crippen molar-refractivity contribution in [3.63, 3.8) is 0 Å². The number of oxime groups is 1. The number of hydrogen-bond donors (Lipinski definition) is 2. The molecule has 0 aliphatic carbocycles. The average Bonchev–Trinajstić information content (AvgIpc) is 3.56. The molecule has 2 aliphatic heterocycles. The molecule has 0 radical (unpaired) electrons. The van der Waals surface area contributed by atoms with Crippen LogP contribution in [0.3, 0.4) is 0 Å². The number of thiazole rings is 1. The topological polar surface area (TPSA) is 189 Å². The Labute approximate surface area is 301 Å². The van der Waals surface area contributed by atoms with Crippen LogP contribution in [0.15, 0.2) is 95.1 Å². The van der Waals surface area contributed by atoms with Crippen LogP contribution in [0, 0.1) is 5.41 Å². The van der Waals surface area contributed by atoms with E-state index in [1.807, 2.05) is 60.7 Å². The number of nitrogens with zero attached hydrogens (tertiary/aromatic N) is 3. The van der Waals surface area contributed by atoms with Crippen molar-refractivity contribution in [3.05, 3.63) is 107 Å². The van der Waals surface area contributed by atoms with Crippen molar-refractivity contribution in [1.29, 1.82) is 0 Å². The number of anilines is 1. The molecule has 5 rings (SSSR count). The minimum atomic E-state index is -1.07. The summed E-state index contributed by atoms with van der Waals surface area (Å²) in [5, 5.41) is 7.46. The molecule has 1 fully saturated rings. The van der Waals surface area contributed by atoms with Gasteiger partial charge in [-0.05, 0) is 37.5 Å². The summed E-state index contributed by atoms with van der Waals surface area (Å²) in [4.78, 5) is 75.6. The van der Waals surface area contributed by atoms with Crippen molar-refractivity contribution in [2.45, 2.75) is 38.3 Å². The third-order valence-corrected chi connectivity index (χ3v) is 9.46. The third kappa shape index (κ3) is 8.64. The monoisotopic (exact) mass is 733 g/mol. The van der Waals surface area contributed by atoms with Gasteiger partial charge in [-0.25, -0.2) is 14.6 Å². The highest BCUT2D eigenvalue weighted by molar-refractivity contribution is 8.00. The van der Waals surface area contributed by atoms with Crippen molar-refractivity contribution < 1.29 is 43.0 Å². The van der Waals surface area contributed by atoms with E-state index in [0.717, 1.165) is 22.5 Å². The van der Waals surface area contributed by atoms with Crippen LogP contribution in [-0.2, 0) is 43.0 Å². The highest BCUT2D eigenvalue weighted by atomic mass is 32.2. The maximum atomic E-state index is 13.6. The van der Waals surface area contributed by atoms with Gasteiger partial charge in [-0.2, -0.15) is 0 Å². The Hall–Kier alpha value is -5.48. The van der Waals surface area contributed by atoms with Crippen molar-refractivity contribution in [3.8, 4) is 0 Å². The number of nitrogens with two attached hydrogens (primary N) is 1. The lowest BCUT2D eigenvalue weighted by atomic mass is 9.98. The number of β-lactam (4-membered cyclic amide) rings is 1. The molecule has 1 saturated heterocycles. The summed E-state index contributed by atoms with van der Waals surface area (Å²) in [7, 11) is 0. The van der Waals surface area contributed by atoms with Crippen LogP contribution in [0.2, 0.25) is 0 Å². The number of esters is 3. The fraction of sp³-hybridized carbons (Fsp3) is 0.286. The standard InChI is InChI=1S/C35H35N5O9S2/c1-5-20-17-50-31-26(30(43)40(31)27(20)32(44)46-19-47-33(45)35(2,3)4)38-29(42)25(23-18-51-34(36)37-23)39-48-16-24(41)49-28(21-12-8-6-9-13-21)22-14-10-7-11-15-22/h5-15,18,26,28,31H,1,16-17,19H2,2-4H3,(H2,36,37)(H,38,42)/b39-25+. The number of aromatic nitrogens is 1. The number of benzene rings is 2. The van der Waals surface area contributed by atoms with Gasteiger partial charge in [0.05, 0.1) is 5.41 Å². The first-order valence-corrected chi connectivity index (χ1v) is 17.5. The van der Waals surface area contributed by atoms with E-state index >= 15 is 0 Å². The van der Waals surface area contributed by atoms with E-state index in [4.69, 9.17) is 24.8 Å². The number of allylic oxidation sites excluding steroid dienone is 1. The number of ether oxygens (including phenoxy) is 3. The molecule has 0 saturated carbocycles. The maximum absolute atomic E-state index is 13.6. The summed E-state index contributed by atoms with van der Waals surface area (Å²) in [5.74, 6) is -3.38. The van der Waals surface area contributed by atoms with Gasteiger partial charge in [0.2, 0.25) is 13.4 Å². The fourth-order valence-electron chi connectivity index (χ4n) is 4.92. The van der Waals surface area contributed by atoms with Gasteiger partial charge in [-0.15, -0.1) is 23.1 Å². The Bertz CT molecular complexity index is 1830. The van der Waals surface area contributed by atoms with Crippen LogP contribution >= 0.6 is 23.1 Å². The Morgan fingerprint density at radius 2 is 1.73 bits per heavy atom. The number of rotatable bonds is 13. The molecule has 51 heavy (non-hydrogen) atoms. The Morgan fingerprint density at radius 1 is 1.08 bits per heavy atom. The number of amides is 2. The fourth-order valence-corrected chi connectivity index (χ4v) is 6.81. The molecule has 2 amide bonds. The number of carbonyl (C=O) groups is 5. The average molecular weight is 734 g/mol. The first kappa shape index (κ1) is 36.8. The molecule has 266 valence electrons. The van der Waals surface area contributed by atoms with Crippen molar-refractivity contribution >= 4 is 63.7 Å². The second-order valence-electron chi connectivity index (χ2n) is 12.1. The quantitative estimate of drug-likeness (QED) is 0.0854. The molecule has 3 heterocycles. The van der Waals surface area contributed by atoms with Crippen molar-refractivity contribution in [1.82, 2.24) is 15.2 Å². The predicted molar refractivity (Wildman–Crippen MR) is 189 cm³/mol. The van der Waals surface area contributed by atoms with Crippen LogP contribution in [0.1, 0.15) is 43.7 Å². The molecule has 0 spiro atoms. The predicted octanol–water partition coefficient (Wildman–Crippen LogP) is 3.71. The zero-order chi connectivity index (χ0) is 36.7.